The summed E-state index contributed by atoms with van der Waals surface area (Å²) in [6.45, 7) is 12.9. The molecule has 0 aliphatic rings. The first-order valence-electron chi connectivity index (χ1n) is 33.1. The van der Waals surface area contributed by atoms with E-state index in [1.165, 1.54) is 333 Å². The SMILES string of the molecule is CCCCCCCCCCCCSC(CCCCCCCC)CCCCCCCCCOCC(C[N+](C)(C)C)OCCCCCCCCC(CCCCCCCCC)SCCCCCCCCCCCC.[CH3-]. The molecule has 436 valence electrons. The van der Waals surface area contributed by atoms with Crippen LogP contribution in [0.25, 0.3) is 0 Å². The molecule has 0 aromatic rings. The van der Waals surface area contributed by atoms with Gasteiger partial charge in [0.25, 0.3) is 0 Å². The van der Waals surface area contributed by atoms with Crippen LogP contribution >= 0.6 is 23.5 Å². The smallest absolute Gasteiger partial charge is 0.130 e. The molecule has 0 amide bonds. The van der Waals surface area contributed by atoms with Crippen LogP contribution in [0.4, 0.5) is 0 Å². The van der Waals surface area contributed by atoms with Crippen LogP contribution in [0.5, 0.6) is 0 Å². The molecule has 0 heterocycles. The molecule has 3 nitrogen and oxygen atoms in total. The Bertz CT molecular complexity index is 959. The molecule has 3 atom stereocenters. The van der Waals surface area contributed by atoms with E-state index in [-0.39, 0.29) is 13.5 Å². The highest BCUT2D eigenvalue weighted by molar-refractivity contribution is 8.00. The summed E-state index contributed by atoms with van der Waals surface area (Å²) < 4.78 is 13.7. The predicted octanol–water partition coefficient (Wildman–Crippen LogP) is 23.3. The molecule has 5 heteroatoms. The van der Waals surface area contributed by atoms with Gasteiger partial charge in [0.1, 0.15) is 12.6 Å². The minimum Gasteiger partial charge on any atom is -0.379 e. The first-order valence-corrected chi connectivity index (χ1v) is 35.2. The molecule has 0 rings (SSSR count). The second-order valence-electron chi connectivity index (χ2n) is 24.0. The first kappa shape index (κ1) is 74.7. The number of rotatable bonds is 63. The summed E-state index contributed by atoms with van der Waals surface area (Å²) in [5.41, 5.74) is 0. The third-order valence-electron chi connectivity index (χ3n) is 15.4. The number of quaternary nitrogens is 1. The van der Waals surface area contributed by atoms with E-state index < -0.39 is 0 Å². The van der Waals surface area contributed by atoms with E-state index in [0.717, 1.165) is 41.3 Å². The Labute approximate surface area is 466 Å². The maximum atomic E-state index is 6.50. The molecule has 0 radical (unpaired) electrons. The predicted molar refractivity (Wildman–Crippen MR) is 336 cm³/mol. The van der Waals surface area contributed by atoms with Gasteiger partial charge in [-0.15, -0.1) is 0 Å². The zero-order valence-electron chi connectivity index (χ0n) is 51.4. The Morgan fingerprint density at radius 2 is 0.556 bits per heavy atom. The van der Waals surface area contributed by atoms with Crippen molar-refractivity contribution >= 4 is 23.5 Å². The molecule has 0 aliphatic carbocycles. The van der Waals surface area contributed by atoms with Gasteiger partial charge in [-0.05, 0) is 62.9 Å². The second-order valence-corrected chi connectivity index (χ2v) is 26.8. The molecular weight excluding hydrogens is 915 g/mol. The van der Waals surface area contributed by atoms with Gasteiger partial charge in [0.05, 0.1) is 27.7 Å². The van der Waals surface area contributed by atoms with Crippen LogP contribution in [0, 0.1) is 7.43 Å². The van der Waals surface area contributed by atoms with Gasteiger partial charge in [0.15, 0.2) is 0 Å². The lowest BCUT2D eigenvalue weighted by atomic mass is 10.0. The van der Waals surface area contributed by atoms with Crippen molar-refractivity contribution in [3.05, 3.63) is 7.43 Å². The van der Waals surface area contributed by atoms with Gasteiger partial charge in [0, 0.05) is 23.7 Å². The zero-order valence-corrected chi connectivity index (χ0v) is 53.0. The Kier molecular flexibility index (Phi) is 64.7. The molecule has 72 heavy (non-hydrogen) atoms. The Morgan fingerprint density at radius 1 is 0.306 bits per heavy atom. The summed E-state index contributed by atoms with van der Waals surface area (Å²) in [5.74, 6) is 2.80. The molecule has 0 bridgehead atoms. The fraction of sp³-hybridized carbons (Fsp3) is 0.985. The fourth-order valence-corrected chi connectivity index (χ4v) is 13.4. The van der Waals surface area contributed by atoms with Crippen LogP contribution in [0.2, 0.25) is 0 Å². The lowest BCUT2D eigenvalue weighted by Gasteiger charge is -2.29. The second kappa shape index (κ2) is 62.4. The highest BCUT2D eigenvalue weighted by atomic mass is 32.2. The standard InChI is InChI=1S/C66H136NO2S2.CH3/c1-8-12-16-20-24-26-28-36-44-52-60-70-65(54-46-38-23-19-15-11-4)56-48-40-32-30-34-42-50-58-68-63-64(62-67(5,6)7)69-59-51-43-35-33-41-49-57-66(55-47-39-31-22-18-14-10-3)71-61-53-45-37-29-27-25-21-17-13-9-2;/h64-66H,8-63H2,1-7H3;1H3/q+1;-1. The van der Waals surface area contributed by atoms with Crippen LogP contribution in [-0.2, 0) is 9.47 Å². The minimum absolute atomic E-state index is 0. The highest BCUT2D eigenvalue weighted by Crippen LogP contribution is 2.28. The number of ether oxygens (including phenoxy) is 2. The molecule has 0 saturated carbocycles. The zero-order chi connectivity index (χ0) is 51.7. The molecule has 3 unspecified atom stereocenters. The summed E-state index contributed by atoms with van der Waals surface area (Å²) in [6, 6.07) is 0. The van der Waals surface area contributed by atoms with Gasteiger partial charge in [-0.2, -0.15) is 23.5 Å². The average molecular weight is 1050 g/mol. The lowest BCUT2D eigenvalue weighted by Crippen LogP contribution is -2.44. The van der Waals surface area contributed by atoms with Gasteiger partial charge in [-0.25, -0.2) is 0 Å². The fourth-order valence-electron chi connectivity index (χ4n) is 10.7. The molecule has 0 N–H and O–H groups in total. The molecule has 0 aromatic carbocycles. The molecular formula is C67H139NO2S2. The quantitative estimate of drug-likeness (QED) is 0.0343. The number of hydrogen-bond acceptors (Lipinski definition) is 4. The Morgan fingerprint density at radius 3 is 0.847 bits per heavy atom. The van der Waals surface area contributed by atoms with Gasteiger partial charge >= 0.3 is 0 Å². The highest BCUT2D eigenvalue weighted by Gasteiger charge is 2.19. The topological polar surface area (TPSA) is 18.5 Å². The summed E-state index contributed by atoms with van der Waals surface area (Å²) in [4.78, 5) is 0. The van der Waals surface area contributed by atoms with Crippen LogP contribution in [-0.4, -0.2) is 80.1 Å². The summed E-state index contributed by atoms with van der Waals surface area (Å²) in [7, 11) is 6.88. The number of thioether (sulfide) groups is 2. The van der Waals surface area contributed by atoms with Crippen molar-refractivity contribution in [2.45, 2.75) is 365 Å². The third kappa shape index (κ3) is 61.4. The van der Waals surface area contributed by atoms with Gasteiger partial charge in [-0.3, -0.25) is 0 Å². The lowest BCUT2D eigenvalue weighted by molar-refractivity contribution is -0.873. The summed E-state index contributed by atoms with van der Waals surface area (Å²) >= 11 is 4.69. The van der Waals surface area contributed by atoms with Crippen molar-refractivity contribution in [3.8, 4) is 0 Å². The van der Waals surface area contributed by atoms with Gasteiger partial charge < -0.3 is 21.4 Å². The average Bonchev–Trinajstić information content (AvgIpc) is 3.35. The maximum Gasteiger partial charge on any atom is 0.130 e. The van der Waals surface area contributed by atoms with Crippen LogP contribution < -0.4 is 0 Å². The van der Waals surface area contributed by atoms with Gasteiger partial charge in [0.2, 0.25) is 0 Å². The van der Waals surface area contributed by atoms with E-state index in [1.54, 1.807) is 0 Å². The molecule has 0 saturated heterocycles. The summed E-state index contributed by atoms with van der Waals surface area (Å²) in [6.07, 6.45) is 71.4. The van der Waals surface area contributed by atoms with E-state index >= 15 is 0 Å². The Hall–Kier alpha value is 0.580. The van der Waals surface area contributed by atoms with E-state index in [1.807, 2.05) is 0 Å². The Balaban J connectivity index is 0. The van der Waals surface area contributed by atoms with E-state index in [2.05, 4.69) is 72.4 Å². The van der Waals surface area contributed by atoms with Crippen LogP contribution in [0.1, 0.15) is 349 Å². The molecule has 0 spiro atoms. The van der Waals surface area contributed by atoms with Crippen molar-refractivity contribution in [1.82, 2.24) is 0 Å². The normalized spacial score (nSPS) is 13.2. The van der Waals surface area contributed by atoms with Gasteiger partial charge in [-0.1, -0.05) is 297 Å². The number of unbranched alkanes of at least 4 members (excludes halogenated alkanes) is 40. The number of nitrogens with zero attached hydrogens (tertiary/aromatic N) is 1. The monoisotopic (exact) mass is 1050 g/mol. The molecule has 0 fully saturated rings. The van der Waals surface area contributed by atoms with E-state index in [0.29, 0.717) is 0 Å². The first-order chi connectivity index (χ1) is 34.9. The third-order valence-corrected chi connectivity index (χ3v) is 18.3. The van der Waals surface area contributed by atoms with E-state index in [9.17, 15) is 0 Å². The van der Waals surface area contributed by atoms with Crippen molar-refractivity contribution in [2.75, 3.05) is 59.0 Å². The largest absolute Gasteiger partial charge is 0.379 e. The maximum absolute atomic E-state index is 6.50. The van der Waals surface area contributed by atoms with Crippen molar-refractivity contribution < 1.29 is 14.0 Å². The van der Waals surface area contributed by atoms with Crippen molar-refractivity contribution in [2.24, 2.45) is 0 Å². The van der Waals surface area contributed by atoms with Crippen LogP contribution in [0.15, 0.2) is 0 Å². The number of likely N-dealkylation sites (N-methyl/N-ethyl adjacent to an activating group) is 1. The molecule has 0 aliphatic heterocycles. The van der Waals surface area contributed by atoms with E-state index in [4.69, 9.17) is 9.47 Å². The molecule has 0 aromatic heterocycles. The van der Waals surface area contributed by atoms with Crippen LogP contribution in [0.3, 0.4) is 0 Å². The number of hydrogen-bond donors (Lipinski definition) is 0. The summed E-state index contributed by atoms with van der Waals surface area (Å²) in [5, 5.41) is 1.82. The van der Waals surface area contributed by atoms with Crippen molar-refractivity contribution in [3.63, 3.8) is 0 Å². The van der Waals surface area contributed by atoms with Crippen molar-refractivity contribution in [1.29, 1.82) is 0 Å². The minimum atomic E-state index is 0.